The number of hydrogen-bond donors (Lipinski definition) is 0. The van der Waals surface area contributed by atoms with Crippen LogP contribution < -0.4 is 0 Å². The third-order valence-electron chi connectivity index (χ3n) is 2.90. The number of nitrogens with zero attached hydrogens (tertiary/aromatic N) is 2. The van der Waals surface area contributed by atoms with Crippen LogP contribution in [-0.2, 0) is 10.0 Å². The molecule has 0 aromatic carbocycles. The molecule has 0 radical (unpaired) electrons. The monoisotopic (exact) mass is 306 g/mol. The molecule has 1 atom stereocenters. The third kappa shape index (κ3) is 2.82. The standard InChI is InChI=1S/C11H15ClN2O2S2/c1-2-9-8-14(6-7-17-9)18(15,16)10-4-3-5-13-11(10)12/h3-5,9H,2,6-8H2,1H3. The van der Waals surface area contributed by atoms with Crippen LogP contribution in [0.3, 0.4) is 0 Å². The first-order valence-corrected chi connectivity index (χ1v) is 8.64. The van der Waals surface area contributed by atoms with Gasteiger partial charge in [0.2, 0.25) is 10.0 Å². The Balaban J connectivity index is 2.29. The van der Waals surface area contributed by atoms with Gasteiger partial charge in [-0.25, -0.2) is 13.4 Å². The zero-order chi connectivity index (χ0) is 13.2. The molecule has 2 heterocycles. The van der Waals surface area contributed by atoms with Crippen molar-refractivity contribution in [2.75, 3.05) is 18.8 Å². The van der Waals surface area contributed by atoms with Gasteiger partial charge in [-0.15, -0.1) is 0 Å². The number of pyridine rings is 1. The molecular formula is C11H15ClN2O2S2. The minimum absolute atomic E-state index is 0.0452. The lowest BCUT2D eigenvalue weighted by atomic mass is 10.3. The molecule has 2 rings (SSSR count). The van der Waals surface area contributed by atoms with Crippen LogP contribution in [0.4, 0.5) is 0 Å². The van der Waals surface area contributed by atoms with Crippen LogP contribution in [0.5, 0.6) is 0 Å². The lowest BCUT2D eigenvalue weighted by Gasteiger charge is -2.31. The van der Waals surface area contributed by atoms with Crippen LogP contribution in [0.2, 0.25) is 5.15 Å². The Morgan fingerprint density at radius 2 is 2.39 bits per heavy atom. The minimum Gasteiger partial charge on any atom is -0.243 e. The third-order valence-corrected chi connectivity index (χ3v) is 6.58. The van der Waals surface area contributed by atoms with Gasteiger partial charge in [-0.1, -0.05) is 18.5 Å². The molecule has 1 unspecified atom stereocenters. The zero-order valence-corrected chi connectivity index (χ0v) is 12.4. The lowest BCUT2D eigenvalue weighted by Crippen LogP contribution is -2.41. The summed E-state index contributed by atoms with van der Waals surface area (Å²) >= 11 is 7.70. The fourth-order valence-corrected chi connectivity index (χ4v) is 5.16. The summed E-state index contributed by atoms with van der Waals surface area (Å²) in [6.07, 6.45) is 2.46. The van der Waals surface area contributed by atoms with E-state index >= 15 is 0 Å². The summed E-state index contributed by atoms with van der Waals surface area (Å²) in [5, 5.41) is 0.410. The van der Waals surface area contributed by atoms with Crippen LogP contribution in [-0.4, -0.2) is 41.8 Å². The topological polar surface area (TPSA) is 50.3 Å². The van der Waals surface area contributed by atoms with Gasteiger partial charge >= 0.3 is 0 Å². The van der Waals surface area contributed by atoms with Gasteiger partial charge in [-0.3, -0.25) is 0 Å². The molecule has 1 aliphatic heterocycles. The molecule has 0 bridgehead atoms. The number of sulfonamides is 1. The van der Waals surface area contributed by atoms with E-state index in [1.54, 1.807) is 6.07 Å². The fourth-order valence-electron chi connectivity index (χ4n) is 1.86. The normalized spacial score (nSPS) is 22.0. The molecular weight excluding hydrogens is 292 g/mol. The first kappa shape index (κ1) is 14.1. The van der Waals surface area contributed by atoms with E-state index in [2.05, 4.69) is 11.9 Å². The number of thioether (sulfide) groups is 1. The molecule has 18 heavy (non-hydrogen) atoms. The minimum atomic E-state index is -3.51. The maximum absolute atomic E-state index is 12.5. The molecule has 100 valence electrons. The summed E-state index contributed by atoms with van der Waals surface area (Å²) in [6, 6.07) is 3.10. The predicted octanol–water partition coefficient (Wildman–Crippen LogP) is 2.25. The second kappa shape index (κ2) is 5.77. The average Bonchev–Trinajstić information content (AvgIpc) is 2.39. The Kier molecular flexibility index (Phi) is 4.53. The summed E-state index contributed by atoms with van der Waals surface area (Å²) in [5.74, 6) is 0.829. The maximum atomic E-state index is 12.5. The van der Waals surface area contributed by atoms with Gasteiger partial charge < -0.3 is 0 Å². The Labute approximate surface area is 117 Å². The van der Waals surface area contributed by atoms with Gasteiger partial charge in [0, 0.05) is 30.3 Å². The predicted molar refractivity (Wildman–Crippen MR) is 74.5 cm³/mol. The van der Waals surface area contributed by atoms with Gasteiger partial charge in [0.1, 0.15) is 10.0 Å². The summed E-state index contributed by atoms with van der Waals surface area (Å²) < 4.78 is 26.4. The van der Waals surface area contributed by atoms with E-state index in [0.717, 1.165) is 12.2 Å². The molecule has 0 saturated carbocycles. The number of aromatic nitrogens is 1. The highest BCUT2D eigenvalue weighted by molar-refractivity contribution is 8.00. The van der Waals surface area contributed by atoms with Crippen molar-refractivity contribution in [3.63, 3.8) is 0 Å². The number of halogens is 1. The molecule has 1 aliphatic rings. The van der Waals surface area contributed by atoms with Gasteiger partial charge in [0.15, 0.2) is 0 Å². The second-order valence-electron chi connectivity index (χ2n) is 4.06. The molecule has 0 spiro atoms. The van der Waals surface area contributed by atoms with E-state index in [1.807, 2.05) is 11.8 Å². The molecule has 1 saturated heterocycles. The highest BCUT2D eigenvalue weighted by atomic mass is 35.5. The summed E-state index contributed by atoms with van der Waals surface area (Å²) in [7, 11) is -3.51. The quantitative estimate of drug-likeness (QED) is 0.804. The van der Waals surface area contributed by atoms with Crippen LogP contribution in [0.25, 0.3) is 0 Å². The van der Waals surface area contributed by atoms with Crippen molar-refractivity contribution in [2.24, 2.45) is 0 Å². The van der Waals surface area contributed by atoms with E-state index in [4.69, 9.17) is 11.6 Å². The highest BCUT2D eigenvalue weighted by Gasteiger charge is 2.31. The summed E-state index contributed by atoms with van der Waals surface area (Å²) in [6.45, 7) is 3.16. The number of rotatable bonds is 3. The Morgan fingerprint density at radius 3 is 3.06 bits per heavy atom. The van der Waals surface area contributed by atoms with Crippen molar-refractivity contribution < 1.29 is 8.42 Å². The fraction of sp³-hybridized carbons (Fsp3) is 0.545. The van der Waals surface area contributed by atoms with Gasteiger partial charge in [-0.05, 0) is 18.6 Å². The summed E-state index contributed by atoms with van der Waals surface area (Å²) in [4.78, 5) is 3.94. The van der Waals surface area contributed by atoms with Gasteiger partial charge in [-0.2, -0.15) is 16.1 Å². The Bertz CT molecular complexity index is 522. The number of hydrogen-bond acceptors (Lipinski definition) is 4. The van der Waals surface area contributed by atoms with E-state index in [-0.39, 0.29) is 10.0 Å². The van der Waals surface area contributed by atoms with Crippen molar-refractivity contribution in [2.45, 2.75) is 23.5 Å². The summed E-state index contributed by atoms with van der Waals surface area (Å²) in [5.41, 5.74) is 0. The largest absolute Gasteiger partial charge is 0.246 e. The first-order valence-electron chi connectivity index (χ1n) is 5.78. The van der Waals surface area contributed by atoms with Crippen molar-refractivity contribution in [1.82, 2.24) is 9.29 Å². The SMILES string of the molecule is CCC1CN(S(=O)(=O)c2cccnc2Cl)CCS1. The van der Waals surface area contributed by atoms with E-state index in [1.165, 1.54) is 16.6 Å². The van der Waals surface area contributed by atoms with Crippen LogP contribution >= 0.6 is 23.4 Å². The zero-order valence-electron chi connectivity index (χ0n) is 10.0. The van der Waals surface area contributed by atoms with Crippen LogP contribution in [0.1, 0.15) is 13.3 Å². The van der Waals surface area contributed by atoms with Crippen LogP contribution in [0.15, 0.2) is 23.2 Å². The van der Waals surface area contributed by atoms with Gasteiger partial charge in [0.05, 0.1) is 0 Å². The van der Waals surface area contributed by atoms with E-state index in [9.17, 15) is 8.42 Å². The van der Waals surface area contributed by atoms with Gasteiger partial charge in [0.25, 0.3) is 0 Å². The van der Waals surface area contributed by atoms with Crippen molar-refractivity contribution in [3.05, 3.63) is 23.5 Å². The van der Waals surface area contributed by atoms with E-state index in [0.29, 0.717) is 18.3 Å². The van der Waals surface area contributed by atoms with Crippen molar-refractivity contribution in [3.8, 4) is 0 Å². The van der Waals surface area contributed by atoms with Crippen LogP contribution in [0, 0.1) is 0 Å². The molecule has 1 aromatic heterocycles. The Morgan fingerprint density at radius 1 is 1.61 bits per heavy atom. The molecule has 1 fully saturated rings. The molecule has 0 N–H and O–H groups in total. The maximum Gasteiger partial charge on any atom is 0.246 e. The van der Waals surface area contributed by atoms with Crippen molar-refractivity contribution in [1.29, 1.82) is 0 Å². The Hall–Kier alpha value is -0.300. The first-order chi connectivity index (χ1) is 8.55. The molecule has 1 aromatic rings. The molecule has 0 amide bonds. The highest BCUT2D eigenvalue weighted by Crippen LogP contribution is 2.28. The molecule has 0 aliphatic carbocycles. The molecule has 4 nitrogen and oxygen atoms in total. The van der Waals surface area contributed by atoms with Crippen molar-refractivity contribution >= 4 is 33.4 Å². The van der Waals surface area contributed by atoms with E-state index < -0.39 is 10.0 Å². The average molecular weight is 307 g/mol. The lowest BCUT2D eigenvalue weighted by molar-refractivity contribution is 0.416. The molecule has 7 heteroatoms. The second-order valence-corrected chi connectivity index (χ2v) is 7.73. The smallest absolute Gasteiger partial charge is 0.243 e.